The highest BCUT2D eigenvalue weighted by Gasteiger charge is 2.06. The van der Waals surface area contributed by atoms with Crippen LogP contribution in [-0.4, -0.2) is 16.0 Å². The van der Waals surface area contributed by atoms with Crippen LogP contribution < -0.4 is 5.48 Å². The summed E-state index contributed by atoms with van der Waals surface area (Å²) in [5, 5.41) is 16.1. The molecule has 0 spiro atoms. The first-order chi connectivity index (χ1) is 7.02. The first kappa shape index (κ1) is 11.7. The number of hydrogen-bond donors (Lipinski definition) is 3. The van der Waals surface area contributed by atoms with Crippen molar-refractivity contribution < 1.29 is 5.21 Å². The number of rotatable bonds is 3. The molecule has 0 saturated carbocycles. The Morgan fingerprint density at radius 1 is 1.53 bits per heavy atom. The largest absolute Gasteiger partial charge is 0.290 e. The summed E-state index contributed by atoms with van der Waals surface area (Å²) in [5.41, 5.74) is 4.30. The first-order valence-corrected chi connectivity index (χ1v) is 4.99. The van der Waals surface area contributed by atoms with Crippen LogP contribution in [0, 0.1) is 18.3 Å². The fourth-order valence-electron chi connectivity index (χ4n) is 1.51. The van der Waals surface area contributed by atoms with Gasteiger partial charge in [-0.2, -0.15) is 0 Å². The van der Waals surface area contributed by atoms with Gasteiger partial charge in [0.1, 0.15) is 5.69 Å². The molecule has 0 aliphatic rings. The van der Waals surface area contributed by atoms with Crippen molar-refractivity contribution in [3.05, 3.63) is 29.1 Å². The lowest BCUT2D eigenvalue weighted by Gasteiger charge is -2.08. The molecule has 4 nitrogen and oxygen atoms in total. The van der Waals surface area contributed by atoms with Gasteiger partial charge >= 0.3 is 0 Å². The summed E-state index contributed by atoms with van der Waals surface area (Å²) in [6.07, 6.45) is 0.953. The molecule has 0 aromatic carbocycles. The van der Waals surface area contributed by atoms with Crippen molar-refractivity contribution >= 4 is 5.84 Å². The van der Waals surface area contributed by atoms with Crippen LogP contribution in [-0.2, 0) is 6.42 Å². The van der Waals surface area contributed by atoms with Gasteiger partial charge in [-0.25, -0.2) is 4.98 Å². The Hall–Kier alpha value is -1.42. The quantitative estimate of drug-likeness (QED) is 0.403. The van der Waals surface area contributed by atoms with Crippen LogP contribution in [0.25, 0.3) is 0 Å². The Bertz CT molecular complexity index is 361. The summed E-state index contributed by atoms with van der Waals surface area (Å²) in [5.74, 6) is 0.500. The van der Waals surface area contributed by atoms with Gasteiger partial charge in [0.25, 0.3) is 0 Å². The molecular formula is C11H17N3O. The zero-order chi connectivity index (χ0) is 11.4. The summed E-state index contributed by atoms with van der Waals surface area (Å²) in [7, 11) is 0. The minimum atomic E-state index is -0.0660. The molecule has 0 radical (unpaired) electrons. The van der Waals surface area contributed by atoms with Gasteiger partial charge in [0.15, 0.2) is 5.84 Å². The fourth-order valence-corrected chi connectivity index (χ4v) is 1.51. The first-order valence-electron chi connectivity index (χ1n) is 4.99. The van der Waals surface area contributed by atoms with Crippen LogP contribution in [0.4, 0.5) is 0 Å². The predicted octanol–water partition coefficient (Wildman–Crippen LogP) is 1.89. The molecule has 0 saturated heterocycles. The number of hydrogen-bond acceptors (Lipinski definition) is 3. The number of nitrogens with one attached hydrogen (secondary N) is 2. The lowest BCUT2D eigenvalue weighted by atomic mass is 10.0. The Kier molecular flexibility index (Phi) is 3.80. The average Bonchev–Trinajstić information content (AvgIpc) is 2.14. The number of hydroxylamine groups is 1. The number of amidine groups is 1. The Balaban J connectivity index is 2.99. The van der Waals surface area contributed by atoms with Gasteiger partial charge in [-0.1, -0.05) is 13.8 Å². The third kappa shape index (κ3) is 3.32. The normalized spacial score (nSPS) is 10.5. The van der Waals surface area contributed by atoms with E-state index in [-0.39, 0.29) is 5.84 Å². The van der Waals surface area contributed by atoms with Gasteiger partial charge in [0.2, 0.25) is 0 Å². The molecule has 15 heavy (non-hydrogen) atoms. The molecule has 4 heteroatoms. The molecule has 0 atom stereocenters. The number of aryl methyl sites for hydroxylation is 1. The molecule has 0 aliphatic heterocycles. The van der Waals surface area contributed by atoms with E-state index >= 15 is 0 Å². The summed E-state index contributed by atoms with van der Waals surface area (Å²) in [6, 6.07) is 3.84. The summed E-state index contributed by atoms with van der Waals surface area (Å²) in [4.78, 5) is 4.16. The van der Waals surface area contributed by atoms with Crippen molar-refractivity contribution in [2.45, 2.75) is 27.2 Å². The molecule has 0 fully saturated rings. The van der Waals surface area contributed by atoms with Crippen molar-refractivity contribution in [2.24, 2.45) is 5.92 Å². The number of pyridine rings is 1. The third-order valence-corrected chi connectivity index (χ3v) is 2.03. The lowest BCUT2D eigenvalue weighted by molar-refractivity contribution is 0.234. The Morgan fingerprint density at radius 3 is 2.73 bits per heavy atom. The molecule has 0 aliphatic carbocycles. The van der Waals surface area contributed by atoms with E-state index in [9.17, 15) is 0 Å². The summed E-state index contributed by atoms with van der Waals surface area (Å²) < 4.78 is 0. The van der Waals surface area contributed by atoms with Crippen molar-refractivity contribution in [1.29, 1.82) is 5.41 Å². The minimum Gasteiger partial charge on any atom is -0.290 e. The van der Waals surface area contributed by atoms with Crippen LogP contribution in [0.1, 0.15) is 30.8 Å². The average molecular weight is 207 g/mol. The van der Waals surface area contributed by atoms with Gasteiger partial charge in [-0.05, 0) is 37.0 Å². The van der Waals surface area contributed by atoms with E-state index in [4.69, 9.17) is 10.6 Å². The Labute approximate surface area is 89.8 Å². The molecule has 3 N–H and O–H groups in total. The van der Waals surface area contributed by atoms with Gasteiger partial charge in [0, 0.05) is 5.69 Å². The summed E-state index contributed by atoms with van der Waals surface area (Å²) in [6.45, 7) is 6.17. The van der Waals surface area contributed by atoms with Crippen LogP contribution in [0.15, 0.2) is 12.1 Å². The van der Waals surface area contributed by atoms with Crippen LogP contribution in [0.2, 0.25) is 0 Å². The minimum absolute atomic E-state index is 0.0660. The van der Waals surface area contributed by atoms with E-state index in [1.807, 2.05) is 24.5 Å². The van der Waals surface area contributed by atoms with Crippen molar-refractivity contribution in [3.8, 4) is 0 Å². The molecule has 0 amide bonds. The monoisotopic (exact) mass is 207 g/mol. The van der Waals surface area contributed by atoms with E-state index in [2.05, 4.69) is 18.8 Å². The second-order valence-electron chi connectivity index (χ2n) is 4.09. The zero-order valence-electron chi connectivity index (χ0n) is 9.33. The topological polar surface area (TPSA) is 69.0 Å². The van der Waals surface area contributed by atoms with Gasteiger partial charge in [-0.3, -0.25) is 16.1 Å². The maximum Gasteiger partial charge on any atom is 0.168 e. The smallest absolute Gasteiger partial charge is 0.168 e. The van der Waals surface area contributed by atoms with Crippen molar-refractivity contribution in [2.75, 3.05) is 0 Å². The Morgan fingerprint density at radius 2 is 2.20 bits per heavy atom. The maximum atomic E-state index is 8.64. The number of nitrogens with zero attached hydrogens (tertiary/aromatic N) is 1. The van der Waals surface area contributed by atoms with Gasteiger partial charge in [0.05, 0.1) is 0 Å². The molecule has 82 valence electrons. The van der Waals surface area contributed by atoms with Crippen LogP contribution >= 0.6 is 0 Å². The standard InChI is InChI=1S/C11H17N3O/c1-7(2)4-9-5-8(3)13-10(6-9)11(12)14-15/h5-7,15H,4H2,1-3H3,(H2,12,14). The van der Waals surface area contributed by atoms with E-state index in [0.29, 0.717) is 11.6 Å². The van der Waals surface area contributed by atoms with Crippen molar-refractivity contribution in [3.63, 3.8) is 0 Å². The summed E-state index contributed by atoms with van der Waals surface area (Å²) >= 11 is 0. The van der Waals surface area contributed by atoms with Crippen LogP contribution in [0.3, 0.4) is 0 Å². The third-order valence-electron chi connectivity index (χ3n) is 2.03. The van der Waals surface area contributed by atoms with Gasteiger partial charge < -0.3 is 0 Å². The second-order valence-corrected chi connectivity index (χ2v) is 4.09. The molecular weight excluding hydrogens is 190 g/mol. The SMILES string of the molecule is Cc1cc(CC(C)C)cc(C(=N)NO)n1. The molecule has 1 rings (SSSR count). The highest BCUT2D eigenvalue weighted by molar-refractivity contribution is 5.93. The van der Waals surface area contributed by atoms with Gasteiger partial charge in [-0.15, -0.1) is 0 Å². The highest BCUT2D eigenvalue weighted by atomic mass is 16.5. The van der Waals surface area contributed by atoms with Crippen molar-refractivity contribution in [1.82, 2.24) is 10.5 Å². The molecule has 0 bridgehead atoms. The molecule has 0 unspecified atom stereocenters. The zero-order valence-corrected chi connectivity index (χ0v) is 9.33. The predicted molar refractivity (Wildman–Crippen MR) is 59.3 cm³/mol. The lowest BCUT2D eigenvalue weighted by Crippen LogP contribution is -2.20. The number of aromatic nitrogens is 1. The van der Waals surface area contributed by atoms with E-state index < -0.39 is 0 Å². The second kappa shape index (κ2) is 4.89. The van der Waals surface area contributed by atoms with Crippen LogP contribution in [0.5, 0.6) is 0 Å². The van der Waals surface area contributed by atoms with E-state index in [0.717, 1.165) is 17.7 Å². The molecule has 1 aromatic heterocycles. The van der Waals surface area contributed by atoms with E-state index in [1.54, 1.807) is 0 Å². The maximum absolute atomic E-state index is 8.64. The fraction of sp³-hybridized carbons (Fsp3) is 0.455. The molecule has 1 heterocycles. The molecule has 1 aromatic rings. The highest BCUT2D eigenvalue weighted by Crippen LogP contribution is 2.11. The van der Waals surface area contributed by atoms with E-state index in [1.165, 1.54) is 0 Å².